The Labute approximate surface area is 126 Å². The monoisotopic (exact) mass is 308 g/mol. The second-order valence-corrected chi connectivity index (χ2v) is 4.52. The summed E-state index contributed by atoms with van der Waals surface area (Å²) in [5.74, 6) is -0.670. The van der Waals surface area contributed by atoms with E-state index >= 15 is 0 Å². The fraction of sp³-hybridized carbons (Fsp3) is 0.133. The van der Waals surface area contributed by atoms with Gasteiger partial charge in [0, 0.05) is 6.07 Å². The summed E-state index contributed by atoms with van der Waals surface area (Å²) in [7, 11) is 0. The highest BCUT2D eigenvalue weighted by Crippen LogP contribution is 2.24. The molecule has 5 nitrogen and oxygen atoms in total. The SMILES string of the molecule is O=C(OCCOc1ccccc1Cl)c1ccc(O)cc1O. The summed E-state index contributed by atoms with van der Waals surface area (Å²) in [6, 6.07) is 10.6. The number of carbonyl (C=O) groups excluding carboxylic acids is 1. The predicted octanol–water partition coefficient (Wildman–Crippen LogP) is 2.99. The van der Waals surface area contributed by atoms with Gasteiger partial charge in [0.1, 0.15) is 36.0 Å². The van der Waals surface area contributed by atoms with Crippen molar-refractivity contribution >= 4 is 17.6 Å². The van der Waals surface area contributed by atoms with Crippen molar-refractivity contribution in [2.75, 3.05) is 13.2 Å². The summed E-state index contributed by atoms with van der Waals surface area (Å²) < 4.78 is 10.3. The maximum Gasteiger partial charge on any atom is 0.342 e. The molecule has 6 heteroatoms. The Kier molecular flexibility index (Phi) is 4.90. The molecule has 2 N–H and O–H groups in total. The first-order valence-corrected chi connectivity index (χ1v) is 6.52. The van der Waals surface area contributed by atoms with Gasteiger partial charge in [0.15, 0.2) is 0 Å². The molecule has 2 aromatic rings. The number of rotatable bonds is 5. The number of aromatic hydroxyl groups is 2. The van der Waals surface area contributed by atoms with Crippen molar-refractivity contribution in [3.63, 3.8) is 0 Å². The van der Waals surface area contributed by atoms with Crippen LogP contribution in [0.1, 0.15) is 10.4 Å². The van der Waals surface area contributed by atoms with Crippen LogP contribution in [-0.2, 0) is 4.74 Å². The number of halogens is 1. The highest BCUT2D eigenvalue weighted by atomic mass is 35.5. The Hall–Kier alpha value is -2.40. The number of phenols is 2. The van der Waals surface area contributed by atoms with Crippen LogP contribution < -0.4 is 4.74 Å². The van der Waals surface area contributed by atoms with Crippen molar-refractivity contribution in [2.45, 2.75) is 0 Å². The van der Waals surface area contributed by atoms with Gasteiger partial charge in [-0.2, -0.15) is 0 Å². The van der Waals surface area contributed by atoms with Gasteiger partial charge in [0.25, 0.3) is 0 Å². The average Bonchev–Trinajstić information content (AvgIpc) is 2.45. The zero-order valence-electron chi connectivity index (χ0n) is 11.0. The minimum atomic E-state index is -0.699. The Balaban J connectivity index is 1.83. The van der Waals surface area contributed by atoms with E-state index in [1.807, 2.05) is 0 Å². The lowest BCUT2D eigenvalue weighted by atomic mass is 10.2. The minimum absolute atomic E-state index is 0.00434. The molecule has 0 saturated carbocycles. The molecule has 21 heavy (non-hydrogen) atoms. The zero-order chi connectivity index (χ0) is 15.2. The standard InChI is InChI=1S/C15H13ClO5/c16-12-3-1-2-4-14(12)20-7-8-21-15(19)11-6-5-10(17)9-13(11)18/h1-6,9,17-18H,7-8H2. The first-order chi connectivity index (χ1) is 10.1. The van der Waals surface area contributed by atoms with Crippen molar-refractivity contribution in [3.8, 4) is 17.2 Å². The maximum absolute atomic E-state index is 11.7. The lowest BCUT2D eigenvalue weighted by Gasteiger charge is -2.09. The third-order valence-corrected chi connectivity index (χ3v) is 2.92. The van der Waals surface area contributed by atoms with Gasteiger partial charge in [-0.3, -0.25) is 0 Å². The maximum atomic E-state index is 11.7. The third kappa shape index (κ3) is 4.03. The van der Waals surface area contributed by atoms with Crippen molar-refractivity contribution in [1.82, 2.24) is 0 Å². The number of phenolic OH excluding ortho intramolecular Hbond substituents is 2. The zero-order valence-corrected chi connectivity index (χ0v) is 11.7. The van der Waals surface area contributed by atoms with Gasteiger partial charge in [-0.25, -0.2) is 4.79 Å². The van der Waals surface area contributed by atoms with Gasteiger partial charge in [-0.1, -0.05) is 23.7 Å². The Morgan fingerprint density at radius 3 is 2.57 bits per heavy atom. The molecule has 0 aliphatic carbocycles. The lowest BCUT2D eigenvalue weighted by molar-refractivity contribution is 0.0447. The van der Waals surface area contributed by atoms with E-state index in [0.717, 1.165) is 6.07 Å². The summed E-state index contributed by atoms with van der Waals surface area (Å²) in [4.78, 5) is 11.7. The normalized spacial score (nSPS) is 10.1. The third-order valence-electron chi connectivity index (χ3n) is 2.61. The molecule has 0 aliphatic rings. The topological polar surface area (TPSA) is 76.0 Å². The number of benzene rings is 2. The molecule has 2 rings (SSSR count). The molecule has 2 aromatic carbocycles. The van der Waals surface area contributed by atoms with Gasteiger partial charge >= 0.3 is 5.97 Å². The van der Waals surface area contributed by atoms with E-state index in [0.29, 0.717) is 10.8 Å². The molecule has 0 saturated heterocycles. The number of para-hydroxylation sites is 1. The average molecular weight is 309 g/mol. The Morgan fingerprint density at radius 2 is 1.86 bits per heavy atom. The minimum Gasteiger partial charge on any atom is -0.508 e. The van der Waals surface area contributed by atoms with Crippen LogP contribution in [0.3, 0.4) is 0 Å². The molecular weight excluding hydrogens is 296 g/mol. The van der Waals surface area contributed by atoms with Crippen LogP contribution in [0.2, 0.25) is 5.02 Å². The summed E-state index contributed by atoms with van der Waals surface area (Å²) >= 11 is 5.91. The highest BCUT2D eigenvalue weighted by molar-refractivity contribution is 6.32. The van der Waals surface area contributed by atoms with Gasteiger partial charge in [-0.15, -0.1) is 0 Å². The second kappa shape index (κ2) is 6.85. The lowest BCUT2D eigenvalue weighted by Crippen LogP contribution is -2.12. The van der Waals surface area contributed by atoms with Crippen molar-refractivity contribution in [3.05, 3.63) is 53.1 Å². The van der Waals surface area contributed by atoms with Crippen LogP contribution in [0, 0.1) is 0 Å². The van der Waals surface area contributed by atoms with Crippen LogP contribution >= 0.6 is 11.6 Å². The molecule has 0 heterocycles. The summed E-state index contributed by atoms with van der Waals surface area (Å²) in [5.41, 5.74) is -0.0226. The summed E-state index contributed by atoms with van der Waals surface area (Å²) in [6.07, 6.45) is 0. The van der Waals surface area contributed by atoms with Crippen molar-refractivity contribution in [2.24, 2.45) is 0 Å². The number of hydrogen-bond acceptors (Lipinski definition) is 5. The predicted molar refractivity (Wildman–Crippen MR) is 77.0 cm³/mol. The second-order valence-electron chi connectivity index (χ2n) is 4.12. The number of carbonyl (C=O) groups is 1. The molecule has 0 bridgehead atoms. The molecule has 0 atom stereocenters. The van der Waals surface area contributed by atoms with Crippen LogP contribution in [0.15, 0.2) is 42.5 Å². The van der Waals surface area contributed by atoms with Crippen LogP contribution in [-0.4, -0.2) is 29.4 Å². The fourth-order valence-corrected chi connectivity index (χ4v) is 1.81. The quantitative estimate of drug-likeness (QED) is 0.656. The van der Waals surface area contributed by atoms with Crippen LogP contribution in [0.5, 0.6) is 17.2 Å². The van der Waals surface area contributed by atoms with E-state index in [1.54, 1.807) is 24.3 Å². The van der Waals surface area contributed by atoms with Crippen molar-refractivity contribution in [1.29, 1.82) is 0 Å². The van der Waals surface area contributed by atoms with E-state index in [2.05, 4.69) is 0 Å². The number of hydrogen-bond donors (Lipinski definition) is 2. The fourth-order valence-electron chi connectivity index (χ4n) is 1.62. The largest absolute Gasteiger partial charge is 0.508 e. The van der Waals surface area contributed by atoms with Crippen molar-refractivity contribution < 1.29 is 24.5 Å². The van der Waals surface area contributed by atoms with Crippen LogP contribution in [0.25, 0.3) is 0 Å². The molecule has 0 amide bonds. The first kappa shape index (κ1) is 15.0. The molecule has 0 fully saturated rings. The summed E-state index contributed by atoms with van der Waals surface area (Å²) in [5, 5.41) is 19.1. The molecular formula is C15H13ClO5. The van der Waals surface area contributed by atoms with Gasteiger partial charge < -0.3 is 19.7 Å². The Morgan fingerprint density at radius 1 is 1.10 bits per heavy atom. The molecule has 0 aliphatic heterocycles. The summed E-state index contributed by atoms with van der Waals surface area (Å²) in [6.45, 7) is 0.138. The van der Waals surface area contributed by atoms with Gasteiger partial charge in [0.2, 0.25) is 0 Å². The van der Waals surface area contributed by atoms with E-state index in [4.69, 9.17) is 26.2 Å². The molecule has 0 unspecified atom stereocenters. The first-order valence-electron chi connectivity index (χ1n) is 6.14. The van der Waals surface area contributed by atoms with E-state index in [9.17, 15) is 9.90 Å². The molecule has 0 aromatic heterocycles. The highest BCUT2D eigenvalue weighted by Gasteiger charge is 2.13. The van der Waals surface area contributed by atoms with Gasteiger partial charge in [-0.05, 0) is 24.3 Å². The van der Waals surface area contributed by atoms with Crippen LogP contribution in [0.4, 0.5) is 0 Å². The van der Waals surface area contributed by atoms with Gasteiger partial charge in [0.05, 0.1) is 5.02 Å². The molecule has 110 valence electrons. The Bertz CT molecular complexity index is 642. The number of esters is 1. The van der Waals surface area contributed by atoms with E-state index in [1.165, 1.54) is 12.1 Å². The molecule has 0 radical (unpaired) electrons. The van der Waals surface area contributed by atoms with E-state index in [-0.39, 0.29) is 30.3 Å². The number of ether oxygens (including phenoxy) is 2. The molecule has 0 spiro atoms. The smallest absolute Gasteiger partial charge is 0.342 e. The van der Waals surface area contributed by atoms with E-state index < -0.39 is 5.97 Å².